The normalized spacial score (nSPS) is 17.8. The van der Waals surface area contributed by atoms with E-state index in [1.165, 1.54) is 14.7 Å². The zero-order chi connectivity index (χ0) is 24.7. The molecule has 5 rings (SSSR count). The molecule has 3 aromatic heterocycles. The number of anilines is 1. The summed E-state index contributed by atoms with van der Waals surface area (Å²) in [6, 6.07) is 0.0409. The average Bonchev–Trinajstić information content (AvgIpc) is 3.24. The van der Waals surface area contributed by atoms with Crippen molar-refractivity contribution in [3.63, 3.8) is 0 Å². The van der Waals surface area contributed by atoms with Crippen molar-refractivity contribution in [2.24, 2.45) is 12.8 Å². The van der Waals surface area contributed by atoms with Crippen molar-refractivity contribution in [3.8, 4) is 11.8 Å². The van der Waals surface area contributed by atoms with E-state index in [1.54, 1.807) is 14.0 Å². The Bertz CT molecular complexity index is 1470. The predicted octanol–water partition coefficient (Wildman–Crippen LogP) is 0.873. The summed E-state index contributed by atoms with van der Waals surface area (Å²) >= 11 is 0. The number of fused-ring (bicyclic) bond motifs is 2. The fourth-order valence-electron chi connectivity index (χ4n) is 5.30. The van der Waals surface area contributed by atoms with Gasteiger partial charge in [-0.3, -0.25) is 18.5 Å². The van der Waals surface area contributed by atoms with Crippen molar-refractivity contribution >= 4 is 17.1 Å². The summed E-state index contributed by atoms with van der Waals surface area (Å²) < 4.78 is 4.47. The maximum atomic E-state index is 13.8. The fraction of sp³-hybridized carbons (Fsp3) is 0.560. The van der Waals surface area contributed by atoms with Gasteiger partial charge in [0.25, 0.3) is 5.56 Å². The van der Waals surface area contributed by atoms with E-state index in [0.717, 1.165) is 56.5 Å². The van der Waals surface area contributed by atoms with Crippen molar-refractivity contribution in [3.05, 3.63) is 43.6 Å². The summed E-state index contributed by atoms with van der Waals surface area (Å²) in [5.41, 5.74) is 9.27. The molecule has 1 atom stereocenters. The minimum absolute atomic E-state index is 0.0180. The number of rotatable bonds is 4. The van der Waals surface area contributed by atoms with Crippen molar-refractivity contribution in [2.75, 3.05) is 18.0 Å². The fourth-order valence-corrected chi connectivity index (χ4v) is 5.30. The van der Waals surface area contributed by atoms with E-state index < -0.39 is 11.2 Å². The van der Waals surface area contributed by atoms with Crippen molar-refractivity contribution in [1.82, 2.24) is 28.7 Å². The lowest BCUT2D eigenvalue weighted by Crippen LogP contribution is -2.44. The lowest BCUT2D eigenvalue weighted by Gasteiger charge is -2.31. The Labute approximate surface area is 203 Å². The Morgan fingerprint density at radius 2 is 1.89 bits per heavy atom. The number of nitrogens with zero attached hydrogens (tertiary/aromatic N) is 7. The maximum Gasteiger partial charge on any atom is 0.332 e. The highest BCUT2D eigenvalue weighted by Crippen LogP contribution is 2.24. The van der Waals surface area contributed by atoms with Crippen LogP contribution in [0.25, 0.3) is 11.2 Å². The SMILES string of the molecule is CC#CCn1c(N2CCC[C@H](N)C2)nc2c1c(=O)n(Cc1nc(C)c3c(n1)CCCC3)c(=O)n2C. The molecule has 184 valence electrons. The molecule has 2 aliphatic rings. The second-order valence-electron chi connectivity index (χ2n) is 9.54. The third-order valence-electron chi connectivity index (χ3n) is 7.10. The lowest BCUT2D eigenvalue weighted by molar-refractivity contribution is 0.496. The van der Waals surface area contributed by atoms with Gasteiger partial charge in [0.05, 0.1) is 13.1 Å². The zero-order valence-electron chi connectivity index (χ0n) is 20.7. The van der Waals surface area contributed by atoms with Crippen LogP contribution < -0.4 is 21.9 Å². The molecule has 0 bridgehead atoms. The molecule has 0 saturated carbocycles. The van der Waals surface area contributed by atoms with Gasteiger partial charge in [0.2, 0.25) is 5.95 Å². The van der Waals surface area contributed by atoms with Crippen LogP contribution in [0.3, 0.4) is 0 Å². The van der Waals surface area contributed by atoms with Gasteiger partial charge in [-0.15, -0.1) is 5.92 Å². The molecule has 0 radical (unpaired) electrons. The van der Waals surface area contributed by atoms with Crippen LogP contribution in [0.5, 0.6) is 0 Å². The lowest BCUT2D eigenvalue weighted by atomic mass is 9.95. The third kappa shape index (κ3) is 4.14. The minimum atomic E-state index is -0.436. The molecule has 4 heterocycles. The first-order valence-corrected chi connectivity index (χ1v) is 12.3. The summed E-state index contributed by atoms with van der Waals surface area (Å²) in [4.78, 5) is 43.3. The molecule has 10 nitrogen and oxygen atoms in total. The van der Waals surface area contributed by atoms with Gasteiger partial charge in [0.1, 0.15) is 5.82 Å². The van der Waals surface area contributed by atoms with E-state index in [0.29, 0.717) is 36.0 Å². The minimum Gasteiger partial charge on any atom is -0.341 e. The second kappa shape index (κ2) is 9.30. The zero-order valence-corrected chi connectivity index (χ0v) is 20.7. The van der Waals surface area contributed by atoms with Gasteiger partial charge in [-0.2, -0.15) is 4.98 Å². The molecule has 3 aromatic rings. The largest absolute Gasteiger partial charge is 0.341 e. The smallest absolute Gasteiger partial charge is 0.332 e. The number of imidazole rings is 1. The predicted molar refractivity (Wildman–Crippen MR) is 135 cm³/mol. The Hall–Kier alpha value is -3.45. The van der Waals surface area contributed by atoms with E-state index in [9.17, 15) is 9.59 Å². The van der Waals surface area contributed by atoms with Gasteiger partial charge in [0, 0.05) is 37.6 Å². The first-order chi connectivity index (χ1) is 16.9. The van der Waals surface area contributed by atoms with Crippen LogP contribution in [0.4, 0.5) is 5.95 Å². The van der Waals surface area contributed by atoms with Gasteiger partial charge in [-0.1, -0.05) is 5.92 Å². The second-order valence-corrected chi connectivity index (χ2v) is 9.54. The molecule has 0 aromatic carbocycles. The number of nitrogens with two attached hydrogens (primary N) is 1. The van der Waals surface area contributed by atoms with Crippen LogP contribution in [0.15, 0.2) is 9.59 Å². The number of hydrogen-bond donors (Lipinski definition) is 1. The molecular weight excluding hydrogens is 444 g/mol. The standard InChI is InChI=1S/C25H32N8O2/c1-4-5-13-32-21-22(29-24(32)31-12-8-9-17(26)14-31)30(3)25(35)33(23(21)34)15-20-27-16(2)18-10-6-7-11-19(18)28-20/h17H,6-15,26H2,1-3H3/t17-/m0/s1. The van der Waals surface area contributed by atoms with E-state index in [2.05, 4.69) is 21.7 Å². The number of hydrogen-bond acceptors (Lipinski definition) is 7. The highest BCUT2D eigenvalue weighted by molar-refractivity contribution is 5.75. The van der Waals surface area contributed by atoms with Crippen LogP contribution in [0.2, 0.25) is 0 Å². The van der Waals surface area contributed by atoms with Crippen LogP contribution in [0, 0.1) is 18.8 Å². The summed E-state index contributed by atoms with van der Waals surface area (Å²) in [7, 11) is 1.65. The Morgan fingerprint density at radius 3 is 2.66 bits per heavy atom. The number of aryl methyl sites for hydroxylation is 3. The number of piperidine rings is 1. The van der Waals surface area contributed by atoms with Crippen LogP contribution in [-0.4, -0.2) is 47.8 Å². The monoisotopic (exact) mass is 476 g/mol. The highest BCUT2D eigenvalue weighted by atomic mass is 16.2. The quantitative estimate of drug-likeness (QED) is 0.556. The number of aromatic nitrogens is 6. The molecule has 10 heteroatoms. The molecule has 35 heavy (non-hydrogen) atoms. The van der Waals surface area contributed by atoms with Crippen molar-refractivity contribution < 1.29 is 0 Å². The van der Waals surface area contributed by atoms with Crippen molar-refractivity contribution in [2.45, 2.75) is 71.5 Å². The molecule has 1 aliphatic carbocycles. The molecule has 0 unspecified atom stereocenters. The van der Waals surface area contributed by atoms with Gasteiger partial charge in [-0.25, -0.2) is 14.8 Å². The van der Waals surface area contributed by atoms with E-state index in [-0.39, 0.29) is 12.6 Å². The first-order valence-electron chi connectivity index (χ1n) is 12.3. The third-order valence-corrected chi connectivity index (χ3v) is 7.10. The highest BCUT2D eigenvalue weighted by Gasteiger charge is 2.26. The van der Waals surface area contributed by atoms with Crippen LogP contribution in [0.1, 0.15) is 55.4 Å². The summed E-state index contributed by atoms with van der Waals surface area (Å²) in [6.07, 6.45) is 6.02. The topological polar surface area (TPSA) is 117 Å². The summed E-state index contributed by atoms with van der Waals surface area (Å²) in [5.74, 6) is 7.08. The van der Waals surface area contributed by atoms with E-state index in [4.69, 9.17) is 15.7 Å². The van der Waals surface area contributed by atoms with Crippen LogP contribution in [-0.2, 0) is 33.0 Å². The Balaban J connectivity index is 1.66. The Kier molecular flexibility index (Phi) is 6.19. The molecule has 0 spiro atoms. The van der Waals surface area contributed by atoms with Crippen LogP contribution >= 0.6 is 0 Å². The van der Waals surface area contributed by atoms with Gasteiger partial charge < -0.3 is 10.6 Å². The molecule has 1 fully saturated rings. The van der Waals surface area contributed by atoms with Gasteiger partial charge >= 0.3 is 5.69 Å². The summed E-state index contributed by atoms with van der Waals surface area (Å²) in [5, 5.41) is 0. The van der Waals surface area contributed by atoms with E-state index in [1.807, 2.05) is 11.5 Å². The summed E-state index contributed by atoms with van der Waals surface area (Å²) in [6.45, 7) is 5.50. The first kappa shape index (κ1) is 23.3. The maximum absolute atomic E-state index is 13.8. The van der Waals surface area contributed by atoms with Crippen molar-refractivity contribution in [1.29, 1.82) is 0 Å². The average molecular weight is 477 g/mol. The molecule has 2 N–H and O–H groups in total. The molecule has 0 amide bonds. The van der Waals surface area contributed by atoms with Gasteiger partial charge in [-0.05, 0) is 57.9 Å². The van der Waals surface area contributed by atoms with E-state index >= 15 is 0 Å². The van der Waals surface area contributed by atoms with Gasteiger partial charge in [0.15, 0.2) is 11.2 Å². The molecule has 1 aliphatic heterocycles. The molecule has 1 saturated heterocycles. The Morgan fingerprint density at radius 1 is 1.09 bits per heavy atom. The molecular formula is C25H32N8O2.